The van der Waals surface area contributed by atoms with Gasteiger partial charge in [0.05, 0.1) is 4.90 Å². The second-order valence-corrected chi connectivity index (χ2v) is 7.00. The average molecular weight is 347 g/mol. The molecular weight excluding hydrogens is 332 g/mol. The highest BCUT2D eigenvalue weighted by molar-refractivity contribution is 9.10. The molecule has 20 heavy (non-hydrogen) atoms. The van der Waals surface area contributed by atoms with Crippen molar-refractivity contribution in [1.82, 2.24) is 0 Å². The largest absolute Gasteiger partial charge is 0.460 e. The minimum absolute atomic E-state index is 0.986. The first-order valence-corrected chi connectivity index (χ1v) is 8.09. The summed E-state index contributed by atoms with van der Waals surface area (Å²) in [6, 6.07) is 12.7. The van der Waals surface area contributed by atoms with E-state index in [1.165, 1.54) is 26.3 Å². The van der Waals surface area contributed by atoms with Gasteiger partial charge in [-0.1, -0.05) is 33.8 Å². The molecule has 0 saturated heterocycles. The third kappa shape index (κ3) is 2.52. The van der Waals surface area contributed by atoms with Gasteiger partial charge in [0, 0.05) is 14.8 Å². The Kier molecular flexibility index (Phi) is 3.65. The van der Waals surface area contributed by atoms with E-state index in [0.717, 1.165) is 15.8 Å². The Morgan fingerprint density at radius 3 is 2.40 bits per heavy atom. The Bertz CT molecular complexity index is 772. The summed E-state index contributed by atoms with van der Waals surface area (Å²) in [4.78, 5) is 2.44. The summed E-state index contributed by atoms with van der Waals surface area (Å²) in [7, 11) is 0. The minimum atomic E-state index is 0.986. The topological polar surface area (TPSA) is 13.1 Å². The quantitative estimate of drug-likeness (QED) is 0.542. The molecule has 0 N–H and O–H groups in total. The number of furan rings is 1. The van der Waals surface area contributed by atoms with Crippen LogP contribution in [0.15, 0.2) is 55.1 Å². The molecular formula is C17H15BrOS. The predicted molar refractivity (Wildman–Crippen MR) is 88.7 cm³/mol. The van der Waals surface area contributed by atoms with Gasteiger partial charge in [-0.05, 0) is 62.2 Å². The Morgan fingerprint density at radius 1 is 1.00 bits per heavy atom. The number of fused-ring (bicyclic) bond motifs is 1. The molecule has 0 radical (unpaired) electrons. The second kappa shape index (κ2) is 5.30. The van der Waals surface area contributed by atoms with Crippen molar-refractivity contribution in [3.8, 4) is 0 Å². The van der Waals surface area contributed by atoms with E-state index in [2.05, 4.69) is 66.2 Å². The van der Waals surface area contributed by atoms with E-state index in [0.29, 0.717) is 0 Å². The number of halogens is 1. The number of benzene rings is 2. The van der Waals surface area contributed by atoms with E-state index in [-0.39, 0.29) is 0 Å². The van der Waals surface area contributed by atoms with Crippen LogP contribution in [0.2, 0.25) is 0 Å². The molecule has 2 aromatic carbocycles. The van der Waals surface area contributed by atoms with Gasteiger partial charge >= 0.3 is 0 Å². The van der Waals surface area contributed by atoms with Crippen LogP contribution in [0.1, 0.15) is 16.9 Å². The molecule has 0 spiro atoms. The molecule has 0 atom stereocenters. The van der Waals surface area contributed by atoms with Gasteiger partial charge in [0.1, 0.15) is 11.3 Å². The Hall–Kier alpha value is -1.19. The van der Waals surface area contributed by atoms with Crippen molar-refractivity contribution < 1.29 is 4.42 Å². The molecule has 1 aromatic heterocycles. The first-order valence-electron chi connectivity index (χ1n) is 6.48. The van der Waals surface area contributed by atoms with Crippen molar-refractivity contribution in [3.05, 3.63) is 57.8 Å². The van der Waals surface area contributed by atoms with Crippen LogP contribution in [0.4, 0.5) is 0 Å². The van der Waals surface area contributed by atoms with Crippen LogP contribution in [0.25, 0.3) is 11.0 Å². The summed E-state index contributed by atoms with van der Waals surface area (Å²) < 4.78 is 7.03. The Balaban J connectivity index is 2.11. The van der Waals surface area contributed by atoms with E-state index >= 15 is 0 Å². The first-order chi connectivity index (χ1) is 9.54. The maximum absolute atomic E-state index is 5.93. The normalized spacial score (nSPS) is 11.2. The van der Waals surface area contributed by atoms with Crippen LogP contribution in [0.3, 0.4) is 0 Å². The maximum Gasteiger partial charge on any atom is 0.135 e. The molecule has 0 aliphatic rings. The summed E-state index contributed by atoms with van der Waals surface area (Å²) in [6.45, 7) is 6.29. The lowest BCUT2D eigenvalue weighted by molar-refractivity contribution is 0.568. The fourth-order valence-corrected chi connectivity index (χ4v) is 3.75. The van der Waals surface area contributed by atoms with Crippen LogP contribution < -0.4 is 0 Å². The maximum atomic E-state index is 5.93. The Morgan fingerprint density at radius 2 is 1.70 bits per heavy atom. The first kappa shape index (κ1) is 13.8. The lowest BCUT2D eigenvalue weighted by Gasteiger charge is -2.03. The molecule has 0 amide bonds. The van der Waals surface area contributed by atoms with Crippen LogP contribution in [-0.4, -0.2) is 0 Å². The average Bonchev–Trinajstić information content (AvgIpc) is 2.68. The summed E-state index contributed by atoms with van der Waals surface area (Å²) in [5.41, 5.74) is 3.50. The zero-order chi connectivity index (χ0) is 14.3. The molecule has 0 aliphatic heterocycles. The van der Waals surface area contributed by atoms with Gasteiger partial charge in [0.25, 0.3) is 0 Å². The van der Waals surface area contributed by atoms with Crippen molar-refractivity contribution >= 4 is 38.7 Å². The number of hydrogen-bond acceptors (Lipinski definition) is 2. The molecule has 0 bridgehead atoms. The van der Waals surface area contributed by atoms with E-state index in [4.69, 9.17) is 4.42 Å². The van der Waals surface area contributed by atoms with Crippen LogP contribution in [0, 0.1) is 20.8 Å². The second-order valence-electron chi connectivity index (χ2n) is 5.00. The van der Waals surface area contributed by atoms with Gasteiger partial charge in [-0.25, -0.2) is 0 Å². The molecule has 1 heterocycles. The van der Waals surface area contributed by atoms with Gasteiger partial charge < -0.3 is 4.42 Å². The Labute approximate surface area is 131 Å². The third-order valence-electron chi connectivity index (χ3n) is 3.29. The fourth-order valence-electron chi connectivity index (χ4n) is 2.43. The molecule has 102 valence electrons. The van der Waals surface area contributed by atoms with E-state index in [1.54, 1.807) is 11.8 Å². The van der Waals surface area contributed by atoms with Crippen LogP contribution in [0.5, 0.6) is 0 Å². The number of hydrogen-bond donors (Lipinski definition) is 0. The number of aryl methyl sites for hydroxylation is 3. The lowest BCUT2D eigenvalue weighted by Crippen LogP contribution is -1.80. The SMILES string of the molecule is Cc1cc(C)c2c(Sc3ccc(Br)cc3)c(C)oc2c1. The van der Waals surface area contributed by atoms with Gasteiger partial charge in [-0.15, -0.1) is 0 Å². The zero-order valence-corrected chi connectivity index (χ0v) is 14.1. The van der Waals surface area contributed by atoms with Crippen LogP contribution in [-0.2, 0) is 0 Å². The van der Waals surface area contributed by atoms with Crippen molar-refractivity contribution in [2.45, 2.75) is 30.6 Å². The molecule has 3 heteroatoms. The van der Waals surface area contributed by atoms with Gasteiger partial charge in [-0.2, -0.15) is 0 Å². The smallest absolute Gasteiger partial charge is 0.135 e. The van der Waals surface area contributed by atoms with E-state index in [9.17, 15) is 0 Å². The van der Waals surface area contributed by atoms with Crippen molar-refractivity contribution in [2.24, 2.45) is 0 Å². The van der Waals surface area contributed by atoms with E-state index < -0.39 is 0 Å². The predicted octanol–water partition coefficient (Wildman–Crippen LogP) is 6.27. The molecule has 3 aromatic rings. The van der Waals surface area contributed by atoms with Crippen molar-refractivity contribution in [1.29, 1.82) is 0 Å². The zero-order valence-electron chi connectivity index (χ0n) is 11.7. The summed E-state index contributed by atoms with van der Waals surface area (Å²) in [5, 5.41) is 1.24. The monoisotopic (exact) mass is 346 g/mol. The fraction of sp³-hybridized carbons (Fsp3) is 0.176. The van der Waals surface area contributed by atoms with Crippen LogP contribution >= 0.6 is 27.7 Å². The third-order valence-corrected chi connectivity index (χ3v) is 5.02. The van der Waals surface area contributed by atoms with Gasteiger partial charge in [0.2, 0.25) is 0 Å². The van der Waals surface area contributed by atoms with E-state index in [1.807, 2.05) is 6.92 Å². The summed E-state index contributed by atoms with van der Waals surface area (Å²) in [5.74, 6) is 0.988. The highest BCUT2D eigenvalue weighted by Crippen LogP contribution is 2.40. The highest BCUT2D eigenvalue weighted by atomic mass is 79.9. The van der Waals surface area contributed by atoms with Gasteiger partial charge in [-0.3, -0.25) is 0 Å². The lowest BCUT2D eigenvalue weighted by atomic mass is 10.1. The molecule has 0 saturated carbocycles. The number of rotatable bonds is 2. The summed E-state index contributed by atoms with van der Waals surface area (Å²) >= 11 is 5.23. The molecule has 0 aliphatic carbocycles. The van der Waals surface area contributed by atoms with Gasteiger partial charge in [0.15, 0.2) is 0 Å². The molecule has 0 fully saturated rings. The van der Waals surface area contributed by atoms with Crippen molar-refractivity contribution in [3.63, 3.8) is 0 Å². The minimum Gasteiger partial charge on any atom is -0.460 e. The molecule has 1 nitrogen and oxygen atoms in total. The molecule has 3 rings (SSSR count). The molecule has 0 unspecified atom stereocenters. The summed E-state index contributed by atoms with van der Waals surface area (Å²) in [6.07, 6.45) is 0. The standard InChI is InChI=1S/C17H15BrOS/c1-10-8-11(2)16-15(9-10)19-12(3)17(16)20-14-6-4-13(18)5-7-14/h4-9H,1-3H3. The highest BCUT2D eigenvalue weighted by Gasteiger charge is 2.14. The van der Waals surface area contributed by atoms with Crippen molar-refractivity contribution in [2.75, 3.05) is 0 Å².